The molecule has 0 spiro atoms. The Morgan fingerprint density at radius 3 is 2.30 bits per heavy atom. The van der Waals surface area contributed by atoms with Gasteiger partial charge in [0.05, 0.1) is 0 Å². The molecular formula is C15H24N2O3. The predicted molar refractivity (Wildman–Crippen MR) is 74.3 cm³/mol. The van der Waals surface area contributed by atoms with Crippen LogP contribution in [0, 0.1) is 11.8 Å². The lowest BCUT2D eigenvalue weighted by atomic mass is 9.88. The Morgan fingerprint density at radius 1 is 1.20 bits per heavy atom. The first-order valence-electron chi connectivity index (χ1n) is 7.85. The number of amides is 2. The van der Waals surface area contributed by atoms with Crippen LogP contribution in [-0.2, 0) is 4.79 Å². The molecule has 2 amide bonds. The summed E-state index contributed by atoms with van der Waals surface area (Å²) in [4.78, 5) is 25.3. The zero-order chi connectivity index (χ0) is 14.3. The molecule has 2 bridgehead atoms. The zero-order valence-electron chi connectivity index (χ0n) is 12.0. The standard InChI is InChI=1S/C15H24N2O3/c1-9(11-2-3-11)16-15(20)17-12-4-5-13(17)7-10(6-12)8-14(18)19/h9-13H,2-8H2,1H3,(H,16,20)(H,18,19). The third kappa shape index (κ3) is 2.76. The fourth-order valence-corrected chi connectivity index (χ4v) is 4.02. The van der Waals surface area contributed by atoms with Crippen molar-refractivity contribution in [2.24, 2.45) is 11.8 Å². The first-order valence-corrected chi connectivity index (χ1v) is 7.85. The number of nitrogens with zero attached hydrogens (tertiary/aromatic N) is 1. The van der Waals surface area contributed by atoms with Crippen molar-refractivity contribution in [3.8, 4) is 0 Å². The highest BCUT2D eigenvalue weighted by molar-refractivity contribution is 5.76. The van der Waals surface area contributed by atoms with Crippen molar-refractivity contribution in [1.82, 2.24) is 10.2 Å². The van der Waals surface area contributed by atoms with E-state index < -0.39 is 5.97 Å². The molecule has 3 atom stereocenters. The molecule has 2 aliphatic heterocycles. The summed E-state index contributed by atoms with van der Waals surface area (Å²) in [6, 6.07) is 0.860. The number of urea groups is 1. The minimum Gasteiger partial charge on any atom is -0.481 e. The van der Waals surface area contributed by atoms with E-state index in [0.29, 0.717) is 5.92 Å². The number of carbonyl (C=O) groups is 2. The van der Waals surface area contributed by atoms with Gasteiger partial charge in [0.1, 0.15) is 0 Å². The number of nitrogens with one attached hydrogen (secondary N) is 1. The Kier molecular flexibility index (Phi) is 3.61. The van der Waals surface area contributed by atoms with Gasteiger partial charge in [-0.25, -0.2) is 4.79 Å². The van der Waals surface area contributed by atoms with Gasteiger partial charge in [-0.2, -0.15) is 0 Å². The first kappa shape index (κ1) is 13.7. The van der Waals surface area contributed by atoms with Crippen molar-refractivity contribution in [1.29, 1.82) is 0 Å². The monoisotopic (exact) mass is 280 g/mol. The van der Waals surface area contributed by atoms with Crippen LogP contribution in [0.1, 0.15) is 51.9 Å². The number of rotatable bonds is 4. The van der Waals surface area contributed by atoms with Crippen LogP contribution in [0.4, 0.5) is 4.79 Å². The molecule has 0 aromatic rings. The van der Waals surface area contributed by atoms with Crippen LogP contribution >= 0.6 is 0 Å². The van der Waals surface area contributed by atoms with Crippen molar-refractivity contribution in [3.05, 3.63) is 0 Å². The number of hydrogen-bond donors (Lipinski definition) is 2. The summed E-state index contributed by atoms with van der Waals surface area (Å²) >= 11 is 0. The second-order valence-electron chi connectivity index (χ2n) is 6.80. The molecule has 3 unspecified atom stereocenters. The molecule has 1 saturated carbocycles. The molecule has 112 valence electrons. The third-order valence-electron chi connectivity index (χ3n) is 5.21. The normalized spacial score (nSPS) is 33.9. The Balaban J connectivity index is 1.58. The van der Waals surface area contributed by atoms with E-state index in [-0.39, 0.29) is 36.5 Å². The zero-order valence-corrected chi connectivity index (χ0v) is 12.0. The Bertz CT molecular complexity index is 394. The Morgan fingerprint density at radius 2 is 1.80 bits per heavy atom. The highest BCUT2D eigenvalue weighted by Gasteiger charge is 2.44. The molecule has 2 heterocycles. The van der Waals surface area contributed by atoms with Crippen LogP contribution in [0.5, 0.6) is 0 Å². The maximum absolute atomic E-state index is 12.4. The maximum Gasteiger partial charge on any atom is 0.318 e. The molecule has 5 heteroatoms. The van der Waals surface area contributed by atoms with Crippen LogP contribution in [0.15, 0.2) is 0 Å². The van der Waals surface area contributed by atoms with E-state index in [4.69, 9.17) is 5.11 Å². The summed E-state index contributed by atoms with van der Waals surface area (Å²) in [6.45, 7) is 2.09. The van der Waals surface area contributed by atoms with Gasteiger partial charge in [-0.15, -0.1) is 0 Å². The number of piperidine rings is 1. The number of carbonyl (C=O) groups excluding carboxylic acids is 1. The molecule has 20 heavy (non-hydrogen) atoms. The molecular weight excluding hydrogens is 256 g/mol. The molecule has 0 radical (unpaired) electrons. The smallest absolute Gasteiger partial charge is 0.318 e. The Hall–Kier alpha value is -1.26. The van der Waals surface area contributed by atoms with Crippen LogP contribution in [0.3, 0.4) is 0 Å². The lowest BCUT2D eigenvalue weighted by Crippen LogP contribution is -2.53. The van der Waals surface area contributed by atoms with E-state index in [9.17, 15) is 9.59 Å². The first-order chi connectivity index (χ1) is 9.54. The second kappa shape index (κ2) is 5.26. The minimum atomic E-state index is -0.713. The highest BCUT2D eigenvalue weighted by atomic mass is 16.4. The highest BCUT2D eigenvalue weighted by Crippen LogP contribution is 2.40. The van der Waals surface area contributed by atoms with Crippen LogP contribution in [0.2, 0.25) is 0 Å². The van der Waals surface area contributed by atoms with Crippen molar-refractivity contribution in [3.63, 3.8) is 0 Å². The van der Waals surface area contributed by atoms with Gasteiger partial charge in [-0.05, 0) is 57.3 Å². The lowest BCUT2D eigenvalue weighted by Gasteiger charge is -2.39. The Labute approximate surface area is 119 Å². The van der Waals surface area contributed by atoms with Crippen molar-refractivity contribution in [2.75, 3.05) is 0 Å². The van der Waals surface area contributed by atoms with Gasteiger partial charge in [0.2, 0.25) is 0 Å². The molecule has 2 saturated heterocycles. The van der Waals surface area contributed by atoms with Crippen LogP contribution in [-0.4, -0.2) is 40.1 Å². The maximum atomic E-state index is 12.4. The van der Waals surface area contributed by atoms with E-state index in [0.717, 1.165) is 25.7 Å². The molecule has 3 aliphatic rings. The average molecular weight is 280 g/mol. The molecule has 1 aliphatic carbocycles. The quantitative estimate of drug-likeness (QED) is 0.829. The third-order valence-corrected chi connectivity index (χ3v) is 5.21. The van der Waals surface area contributed by atoms with Gasteiger partial charge in [0.25, 0.3) is 0 Å². The number of aliphatic carboxylic acids is 1. The second-order valence-corrected chi connectivity index (χ2v) is 6.80. The van der Waals surface area contributed by atoms with Crippen molar-refractivity contribution in [2.45, 2.75) is 70.0 Å². The minimum absolute atomic E-state index is 0.0747. The van der Waals surface area contributed by atoms with E-state index >= 15 is 0 Å². The molecule has 3 rings (SSSR count). The summed E-state index contributed by atoms with van der Waals surface area (Å²) in [6.07, 6.45) is 6.49. The van der Waals surface area contributed by atoms with Crippen LogP contribution in [0.25, 0.3) is 0 Å². The van der Waals surface area contributed by atoms with Gasteiger partial charge in [0.15, 0.2) is 0 Å². The number of hydrogen-bond acceptors (Lipinski definition) is 2. The largest absolute Gasteiger partial charge is 0.481 e. The molecule has 3 fully saturated rings. The SMILES string of the molecule is CC(NC(=O)N1C2CCC1CC(CC(=O)O)C2)C1CC1. The van der Waals surface area contributed by atoms with Crippen molar-refractivity contribution < 1.29 is 14.7 Å². The summed E-state index contributed by atoms with van der Waals surface area (Å²) in [5, 5.41) is 12.1. The van der Waals surface area contributed by atoms with Gasteiger partial charge in [-0.3, -0.25) is 4.79 Å². The van der Waals surface area contributed by atoms with Crippen molar-refractivity contribution >= 4 is 12.0 Å². The van der Waals surface area contributed by atoms with E-state index in [1.807, 2.05) is 4.90 Å². The fourth-order valence-electron chi connectivity index (χ4n) is 4.02. The average Bonchev–Trinajstić information content (AvgIpc) is 3.15. The summed E-state index contributed by atoms with van der Waals surface area (Å²) < 4.78 is 0. The van der Waals surface area contributed by atoms with Gasteiger partial charge in [0, 0.05) is 24.5 Å². The number of carboxylic acid groups (broad SMARTS) is 1. The summed E-state index contributed by atoms with van der Waals surface area (Å²) in [5.41, 5.74) is 0. The van der Waals surface area contributed by atoms with Gasteiger partial charge >= 0.3 is 12.0 Å². The summed E-state index contributed by atoms with van der Waals surface area (Å²) in [5.74, 6) is 0.200. The molecule has 0 aromatic heterocycles. The van der Waals surface area contributed by atoms with E-state index in [1.165, 1.54) is 12.8 Å². The van der Waals surface area contributed by atoms with Gasteiger partial charge in [-0.1, -0.05) is 0 Å². The van der Waals surface area contributed by atoms with E-state index in [2.05, 4.69) is 12.2 Å². The van der Waals surface area contributed by atoms with E-state index in [1.54, 1.807) is 0 Å². The number of fused-ring (bicyclic) bond motifs is 2. The topological polar surface area (TPSA) is 69.6 Å². The molecule has 2 N–H and O–H groups in total. The summed E-state index contributed by atoms with van der Waals surface area (Å²) in [7, 11) is 0. The van der Waals surface area contributed by atoms with Gasteiger partial charge < -0.3 is 15.3 Å². The molecule has 5 nitrogen and oxygen atoms in total. The predicted octanol–water partition coefficient (Wildman–Crippen LogP) is 2.21. The fraction of sp³-hybridized carbons (Fsp3) is 0.867. The molecule has 0 aromatic carbocycles. The lowest BCUT2D eigenvalue weighted by molar-refractivity contribution is -0.138. The number of carboxylic acids is 1. The van der Waals surface area contributed by atoms with Crippen LogP contribution < -0.4 is 5.32 Å².